The second-order valence-electron chi connectivity index (χ2n) is 22.4. The van der Waals surface area contributed by atoms with Gasteiger partial charge < -0.3 is 40.8 Å². The van der Waals surface area contributed by atoms with Crippen LogP contribution in [0, 0.1) is 53.3 Å². The molecular formula is C59H68N3NaO8S. The van der Waals surface area contributed by atoms with Crippen molar-refractivity contribution in [2.75, 3.05) is 6.61 Å². The Morgan fingerprint density at radius 2 is 1.72 bits per heavy atom. The molecule has 10 bridgehead atoms. The van der Waals surface area contributed by atoms with E-state index in [0.717, 1.165) is 77.5 Å². The van der Waals surface area contributed by atoms with Gasteiger partial charge in [0.15, 0.2) is 5.96 Å². The van der Waals surface area contributed by atoms with E-state index in [1.54, 1.807) is 12.1 Å². The number of hydrogen-bond acceptors (Lipinski definition) is 9. The number of phenolic OH excluding ortho intramolecular Hbond substituents is 1. The Morgan fingerprint density at radius 1 is 0.931 bits per heavy atom. The number of aryl methyl sites for hydroxylation is 1. The van der Waals surface area contributed by atoms with Crippen LogP contribution in [0.1, 0.15) is 141 Å². The number of hydrogen-bond donors (Lipinski definition) is 5. The molecule has 1 saturated heterocycles. The number of aliphatic hydroxyl groups excluding tert-OH is 1. The first-order chi connectivity index (χ1) is 34.2. The Kier molecular flexibility index (Phi) is 14.6. The van der Waals surface area contributed by atoms with Gasteiger partial charge in [0.1, 0.15) is 17.6 Å². The van der Waals surface area contributed by atoms with E-state index in [4.69, 9.17) is 25.9 Å². The number of guanidine groups is 1. The van der Waals surface area contributed by atoms with Crippen molar-refractivity contribution in [3.8, 4) is 23.3 Å². The number of aliphatic imine (C=N–C) groups is 1. The summed E-state index contributed by atoms with van der Waals surface area (Å²) in [5.41, 5.74) is 17.8. The van der Waals surface area contributed by atoms with Crippen LogP contribution in [0.4, 0.5) is 0 Å². The number of benzene rings is 4. The molecule has 13 rings (SSSR count). The molecule has 3 fully saturated rings. The van der Waals surface area contributed by atoms with E-state index in [0.29, 0.717) is 56.3 Å². The second-order valence-corrected chi connectivity index (χ2v) is 24.0. The smallest absolute Gasteiger partial charge is 0.748 e. The number of nitrogens with two attached hydrogens (primary N) is 2. The topological polar surface area (TPSA) is 201 Å². The van der Waals surface area contributed by atoms with Gasteiger partial charge in [0.2, 0.25) is 5.72 Å². The normalized spacial score (nSPS) is 34.8. The molecule has 2 saturated carbocycles. The van der Waals surface area contributed by atoms with Crippen molar-refractivity contribution in [2.45, 2.75) is 137 Å². The summed E-state index contributed by atoms with van der Waals surface area (Å²) in [7, 11) is -4.92. The van der Waals surface area contributed by atoms with Gasteiger partial charge in [-0.3, -0.25) is 0 Å². The molecule has 0 aromatic heterocycles. The fourth-order valence-corrected chi connectivity index (χ4v) is 16.1. The van der Waals surface area contributed by atoms with Crippen LogP contribution in [-0.2, 0) is 33.4 Å². The van der Waals surface area contributed by atoms with E-state index in [1.807, 2.05) is 42.5 Å². The SMILES string of the molecule is C[C@@H]1CCc2cc3ccc2[C@H]1C[C@@H](S(=O)(=O)[O-])[C@H]1C=C2C[C@H](C[C@H]4C[C@@H](CO)CC#Cc5cc(O)ccc5[C@@H]2O4)[C@@H]1c1ccc(cc1)[C@](N=C(N)N)([C@H]1CC[C@H]2CCCC[C@@]2(O)[C@@H]1Cc1ccccc1)O3.[Na+]. The predicted octanol–water partition coefficient (Wildman–Crippen LogP) is 6.01. The summed E-state index contributed by atoms with van der Waals surface area (Å²) in [5.74, 6) is 4.95. The van der Waals surface area contributed by atoms with E-state index in [2.05, 4.69) is 61.2 Å². The maximum absolute atomic E-state index is 14.3. The van der Waals surface area contributed by atoms with Gasteiger partial charge in [-0.1, -0.05) is 104 Å². The Bertz CT molecular complexity index is 2880. The van der Waals surface area contributed by atoms with Gasteiger partial charge in [0.25, 0.3) is 0 Å². The molecule has 0 amide bonds. The number of allylic oxidation sites excluding steroid dienone is 1. The first kappa shape index (κ1) is 51.3. The molecule has 0 unspecified atom stereocenters. The molecule has 4 aliphatic carbocycles. The number of nitrogens with zero attached hydrogens (tertiary/aromatic N) is 1. The average Bonchev–Trinajstić information content (AvgIpc) is 3.48. The zero-order valence-electron chi connectivity index (χ0n) is 41.7. The number of ether oxygens (including phenoxy) is 2. The Morgan fingerprint density at radius 3 is 2.49 bits per heavy atom. The standard InChI is InChI=1S/C59H69N3O8S.Na/c1-35-13-14-40-30-46-21-23-48(40)50(35)33-54(71(66,67)68)51-32-42-28-41(31-47-26-37(34-63)10-7-11-39-29-45(64)20-22-49(39)56(42)69-47)55(51)38-15-17-44(18-16-38)59(70-46,62-57(60)61)52-24-19-43-12-5-6-25-58(43,65)53(52)27-36-8-3-2-4-9-36;/h2-4,8-9,15-18,20-23,29-30,32,35,37,41,43,47,50-56,63-65H,5-6,10,12-14,19,24-28,31,33-34H2,1H3,(H4,60,61,62)(H,66,67,68);/q;+1/p-1/t35-,37+,41-,43-,47-,50+,51-,52+,53-,54-,55+,56-,58+,59-;/m1./s1. The van der Waals surface area contributed by atoms with E-state index in [9.17, 15) is 28.3 Å². The molecule has 5 aliphatic heterocycles. The first-order valence-electron chi connectivity index (χ1n) is 26.2. The zero-order valence-corrected chi connectivity index (χ0v) is 44.5. The van der Waals surface area contributed by atoms with Gasteiger partial charge in [-0.05, 0) is 164 Å². The fraction of sp³-hybridized carbons (Fsp3) is 0.508. The quantitative estimate of drug-likeness (QED) is 0.0381. The molecule has 374 valence electrons. The molecule has 11 nitrogen and oxygen atoms in total. The van der Waals surface area contributed by atoms with E-state index in [1.165, 1.54) is 0 Å². The van der Waals surface area contributed by atoms with E-state index < -0.39 is 44.6 Å². The molecule has 72 heavy (non-hydrogen) atoms. The van der Waals surface area contributed by atoms with Crippen LogP contribution in [0.15, 0.2) is 108 Å². The summed E-state index contributed by atoms with van der Waals surface area (Å²) in [4.78, 5) is 5.23. The van der Waals surface area contributed by atoms with Crippen molar-refractivity contribution < 1.29 is 67.3 Å². The molecule has 0 spiro atoms. The number of rotatable bonds is 6. The Labute approximate surface area is 447 Å². The van der Waals surface area contributed by atoms with Crippen LogP contribution < -0.4 is 45.8 Å². The predicted molar refractivity (Wildman–Crippen MR) is 272 cm³/mol. The largest absolute Gasteiger partial charge is 1.00 e. The summed E-state index contributed by atoms with van der Waals surface area (Å²) in [6.07, 6.45) is 10.7. The molecule has 13 heteroatoms. The van der Waals surface area contributed by atoms with Crippen molar-refractivity contribution in [3.63, 3.8) is 0 Å². The van der Waals surface area contributed by atoms with Crippen molar-refractivity contribution in [3.05, 3.63) is 142 Å². The summed E-state index contributed by atoms with van der Waals surface area (Å²) in [5, 5.41) is 33.2. The summed E-state index contributed by atoms with van der Waals surface area (Å²) < 4.78 is 57.4. The maximum Gasteiger partial charge on any atom is 1.00 e. The molecule has 7 N–H and O–H groups in total. The minimum Gasteiger partial charge on any atom is -0.748 e. The van der Waals surface area contributed by atoms with Gasteiger partial charge in [-0.25, -0.2) is 13.4 Å². The Hall–Kier alpha value is -4.16. The zero-order chi connectivity index (χ0) is 49.2. The molecular weight excluding hydrogens is 934 g/mol. The van der Waals surface area contributed by atoms with Crippen molar-refractivity contribution in [1.29, 1.82) is 0 Å². The van der Waals surface area contributed by atoms with Crippen LogP contribution in [0.3, 0.4) is 0 Å². The first-order valence-corrected chi connectivity index (χ1v) is 27.7. The summed E-state index contributed by atoms with van der Waals surface area (Å²) >= 11 is 0. The molecule has 0 radical (unpaired) electrons. The van der Waals surface area contributed by atoms with Crippen LogP contribution >= 0.6 is 0 Å². The summed E-state index contributed by atoms with van der Waals surface area (Å²) in [6.45, 7) is 2.09. The third-order valence-corrected chi connectivity index (χ3v) is 19.6. The molecule has 14 atom stereocenters. The maximum atomic E-state index is 14.3. The van der Waals surface area contributed by atoms with Gasteiger partial charge in [-0.15, -0.1) is 0 Å². The fourth-order valence-electron chi connectivity index (χ4n) is 15.0. The number of phenols is 1. The molecule has 5 heterocycles. The van der Waals surface area contributed by atoms with Crippen LogP contribution in [0.25, 0.3) is 0 Å². The second kappa shape index (κ2) is 20.5. The van der Waals surface area contributed by atoms with Gasteiger partial charge >= 0.3 is 29.6 Å². The molecule has 9 aliphatic rings. The van der Waals surface area contributed by atoms with Gasteiger partial charge in [-0.2, -0.15) is 0 Å². The molecule has 4 aromatic rings. The van der Waals surface area contributed by atoms with E-state index >= 15 is 0 Å². The number of fused-ring (bicyclic) bond motifs is 10. The van der Waals surface area contributed by atoms with Crippen molar-refractivity contribution in [1.82, 2.24) is 0 Å². The monoisotopic (exact) mass is 1000 g/mol. The van der Waals surface area contributed by atoms with Gasteiger partial charge in [0.05, 0.1) is 27.1 Å². The Balaban J connectivity index is 0.00000596. The van der Waals surface area contributed by atoms with E-state index in [-0.39, 0.29) is 102 Å². The third-order valence-electron chi connectivity index (χ3n) is 18.3. The third kappa shape index (κ3) is 9.60. The van der Waals surface area contributed by atoms with Crippen LogP contribution in [0.5, 0.6) is 11.5 Å². The van der Waals surface area contributed by atoms with Crippen molar-refractivity contribution in [2.24, 2.45) is 57.9 Å². The minimum atomic E-state index is -4.92. The van der Waals surface area contributed by atoms with Gasteiger partial charge in [0, 0.05) is 41.6 Å². The minimum absolute atomic E-state index is 0. The average molecular weight is 1000 g/mol. The molecule has 4 aromatic carbocycles. The van der Waals surface area contributed by atoms with Crippen LogP contribution in [-0.4, -0.2) is 57.8 Å². The number of aliphatic hydroxyl groups is 2. The summed E-state index contributed by atoms with van der Waals surface area (Å²) in [6, 6.07) is 29.8. The number of aromatic hydroxyl groups is 1. The van der Waals surface area contributed by atoms with Crippen LogP contribution in [0.2, 0.25) is 0 Å². The van der Waals surface area contributed by atoms with Crippen molar-refractivity contribution >= 4 is 16.1 Å².